The van der Waals surface area contributed by atoms with Crippen LogP contribution in [0.5, 0.6) is 0 Å². The molecule has 0 N–H and O–H groups in total. The Bertz CT molecular complexity index is 945. The summed E-state index contributed by atoms with van der Waals surface area (Å²) >= 11 is 12.5. The Morgan fingerprint density at radius 2 is 1.82 bits per heavy atom. The van der Waals surface area contributed by atoms with Crippen molar-refractivity contribution in [3.63, 3.8) is 0 Å². The number of halogens is 2. The minimum absolute atomic E-state index is 0.231. The van der Waals surface area contributed by atoms with Crippen LogP contribution in [-0.2, 0) is 0 Å². The van der Waals surface area contributed by atoms with Crippen molar-refractivity contribution in [1.29, 1.82) is 0 Å². The lowest BCUT2D eigenvalue weighted by molar-refractivity contribution is 0.973. The summed E-state index contributed by atoms with van der Waals surface area (Å²) in [7, 11) is 0. The topological polar surface area (TPSA) is 34.9 Å². The van der Waals surface area contributed by atoms with E-state index in [2.05, 4.69) is 0 Å². The van der Waals surface area contributed by atoms with Crippen LogP contribution >= 0.6 is 23.2 Å². The van der Waals surface area contributed by atoms with E-state index in [0.717, 1.165) is 23.9 Å². The van der Waals surface area contributed by atoms with Gasteiger partial charge >= 0.3 is 0 Å². The normalized spacial score (nSPS) is 14.5. The van der Waals surface area contributed by atoms with Crippen molar-refractivity contribution in [1.82, 2.24) is 9.55 Å². The second kappa shape index (κ2) is 5.11. The molecule has 1 fully saturated rings. The fourth-order valence-electron chi connectivity index (χ4n) is 2.65. The second-order valence-electron chi connectivity index (χ2n) is 5.50. The molecule has 0 spiro atoms. The van der Waals surface area contributed by atoms with Crippen LogP contribution in [0.1, 0.15) is 24.5 Å². The predicted molar refractivity (Wildman–Crippen MR) is 89.3 cm³/mol. The van der Waals surface area contributed by atoms with Crippen LogP contribution in [0.3, 0.4) is 0 Å². The van der Waals surface area contributed by atoms with Gasteiger partial charge in [-0.25, -0.2) is 4.98 Å². The van der Waals surface area contributed by atoms with Crippen molar-refractivity contribution in [2.45, 2.75) is 18.8 Å². The molecule has 3 nitrogen and oxygen atoms in total. The minimum atomic E-state index is -0.231. The van der Waals surface area contributed by atoms with Crippen LogP contribution in [0.25, 0.3) is 16.7 Å². The third-order valence-corrected chi connectivity index (χ3v) is 4.56. The maximum atomic E-state index is 12.5. The van der Waals surface area contributed by atoms with E-state index >= 15 is 0 Å². The fraction of sp³-hybridized carbons (Fsp3) is 0.176. The SMILES string of the molecule is O=c1cc(Cl)c2ccc(C3CC3)nc2n1-c1ccccc1Cl. The van der Waals surface area contributed by atoms with E-state index in [1.807, 2.05) is 30.3 Å². The summed E-state index contributed by atoms with van der Waals surface area (Å²) in [6.07, 6.45) is 2.30. The van der Waals surface area contributed by atoms with Gasteiger partial charge in [0.2, 0.25) is 0 Å². The Morgan fingerprint density at radius 3 is 2.55 bits per heavy atom. The van der Waals surface area contributed by atoms with Gasteiger partial charge in [0.15, 0.2) is 0 Å². The van der Waals surface area contributed by atoms with E-state index in [0.29, 0.717) is 27.3 Å². The smallest absolute Gasteiger partial charge is 0.258 e. The molecule has 2 heterocycles. The fourth-order valence-corrected chi connectivity index (χ4v) is 3.11. The van der Waals surface area contributed by atoms with E-state index < -0.39 is 0 Å². The standard InChI is InChI=1S/C17H12Cl2N2O/c18-12-3-1-2-4-15(12)21-16(22)9-13(19)11-7-8-14(10-5-6-10)20-17(11)21/h1-4,7-10H,5-6H2. The minimum Gasteiger partial charge on any atom is -0.269 e. The lowest BCUT2D eigenvalue weighted by Crippen LogP contribution is -2.19. The largest absolute Gasteiger partial charge is 0.269 e. The summed E-state index contributed by atoms with van der Waals surface area (Å²) in [6.45, 7) is 0. The first-order valence-corrected chi connectivity index (χ1v) is 7.88. The molecular formula is C17H12Cl2N2O. The van der Waals surface area contributed by atoms with E-state index in [1.165, 1.54) is 10.6 Å². The average Bonchev–Trinajstić information content (AvgIpc) is 3.33. The van der Waals surface area contributed by atoms with E-state index in [9.17, 15) is 4.79 Å². The number of para-hydroxylation sites is 1. The first-order chi connectivity index (χ1) is 10.6. The first kappa shape index (κ1) is 13.8. The van der Waals surface area contributed by atoms with Crippen molar-refractivity contribution < 1.29 is 0 Å². The van der Waals surface area contributed by atoms with Crippen molar-refractivity contribution in [2.24, 2.45) is 0 Å². The van der Waals surface area contributed by atoms with Crippen LogP contribution in [0.4, 0.5) is 0 Å². The highest BCUT2D eigenvalue weighted by Crippen LogP contribution is 2.40. The van der Waals surface area contributed by atoms with Gasteiger partial charge in [-0.1, -0.05) is 35.3 Å². The van der Waals surface area contributed by atoms with Crippen molar-refractivity contribution >= 4 is 34.2 Å². The predicted octanol–water partition coefficient (Wildman–Crippen LogP) is 4.57. The molecule has 1 aliphatic rings. The third kappa shape index (κ3) is 2.21. The number of fused-ring (bicyclic) bond motifs is 1. The molecule has 110 valence electrons. The molecule has 1 aromatic carbocycles. The highest BCUT2D eigenvalue weighted by Gasteiger charge is 2.26. The maximum Gasteiger partial charge on any atom is 0.258 e. The molecule has 0 atom stereocenters. The summed E-state index contributed by atoms with van der Waals surface area (Å²) in [5.41, 5.74) is 1.97. The zero-order chi connectivity index (χ0) is 15.3. The van der Waals surface area contributed by atoms with Crippen LogP contribution in [0.15, 0.2) is 47.3 Å². The molecule has 2 aromatic heterocycles. The molecular weight excluding hydrogens is 319 g/mol. The van der Waals surface area contributed by atoms with Crippen molar-refractivity contribution in [2.75, 3.05) is 0 Å². The molecule has 5 heteroatoms. The van der Waals surface area contributed by atoms with Gasteiger partial charge in [0.1, 0.15) is 5.65 Å². The van der Waals surface area contributed by atoms with Gasteiger partial charge in [-0.3, -0.25) is 9.36 Å². The Balaban J connectivity index is 2.10. The Hall–Kier alpha value is -1.84. The van der Waals surface area contributed by atoms with Gasteiger partial charge in [0, 0.05) is 23.1 Å². The summed E-state index contributed by atoms with van der Waals surface area (Å²) in [6, 6.07) is 12.6. The first-order valence-electron chi connectivity index (χ1n) is 7.12. The van der Waals surface area contributed by atoms with Gasteiger partial charge < -0.3 is 0 Å². The molecule has 1 aliphatic carbocycles. The summed E-state index contributed by atoms with van der Waals surface area (Å²) < 4.78 is 1.54. The molecule has 3 aromatic rings. The molecule has 22 heavy (non-hydrogen) atoms. The molecule has 1 saturated carbocycles. The van der Waals surface area contributed by atoms with Gasteiger partial charge in [0.05, 0.1) is 15.7 Å². The zero-order valence-electron chi connectivity index (χ0n) is 11.6. The number of rotatable bonds is 2. The second-order valence-corrected chi connectivity index (χ2v) is 6.31. The van der Waals surface area contributed by atoms with E-state index in [-0.39, 0.29) is 5.56 Å². The maximum absolute atomic E-state index is 12.5. The monoisotopic (exact) mass is 330 g/mol. The highest BCUT2D eigenvalue weighted by atomic mass is 35.5. The van der Waals surface area contributed by atoms with Gasteiger partial charge in [0.25, 0.3) is 5.56 Å². The number of hydrogen-bond acceptors (Lipinski definition) is 2. The number of aromatic nitrogens is 2. The number of nitrogens with zero attached hydrogens (tertiary/aromatic N) is 2. The molecule has 4 rings (SSSR count). The number of benzene rings is 1. The van der Waals surface area contributed by atoms with Crippen LogP contribution in [-0.4, -0.2) is 9.55 Å². The van der Waals surface area contributed by atoms with E-state index in [1.54, 1.807) is 6.07 Å². The molecule has 0 unspecified atom stereocenters. The highest BCUT2D eigenvalue weighted by molar-refractivity contribution is 6.35. The van der Waals surface area contributed by atoms with Gasteiger partial charge in [-0.05, 0) is 37.1 Å². The quantitative estimate of drug-likeness (QED) is 0.689. The summed E-state index contributed by atoms with van der Waals surface area (Å²) in [5.74, 6) is 0.498. The third-order valence-electron chi connectivity index (χ3n) is 3.93. The zero-order valence-corrected chi connectivity index (χ0v) is 13.1. The number of hydrogen-bond donors (Lipinski definition) is 0. The van der Waals surface area contributed by atoms with Crippen molar-refractivity contribution in [3.8, 4) is 5.69 Å². The molecule has 0 amide bonds. The van der Waals surface area contributed by atoms with Crippen LogP contribution in [0.2, 0.25) is 10.0 Å². The Labute approximate surface area is 137 Å². The van der Waals surface area contributed by atoms with Gasteiger partial charge in [-0.2, -0.15) is 0 Å². The summed E-state index contributed by atoms with van der Waals surface area (Å²) in [4.78, 5) is 17.2. The molecule has 0 aliphatic heterocycles. The Morgan fingerprint density at radius 1 is 1.05 bits per heavy atom. The number of pyridine rings is 2. The lowest BCUT2D eigenvalue weighted by atomic mass is 10.2. The lowest BCUT2D eigenvalue weighted by Gasteiger charge is -2.13. The van der Waals surface area contributed by atoms with Crippen molar-refractivity contribution in [3.05, 3.63) is 68.6 Å². The Kier molecular flexibility index (Phi) is 3.21. The van der Waals surface area contributed by atoms with E-state index in [4.69, 9.17) is 28.2 Å². The molecule has 0 saturated heterocycles. The molecule has 0 bridgehead atoms. The summed E-state index contributed by atoms with van der Waals surface area (Å²) in [5, 5.41) is 1.68. The molecule has 0 radical (unpaired) electrons. The van der Waals surface area contributed by atoms with Crippen LogP contribution in [0, 0.1) is 0 Å². The average molecular weight is 331 g/mol. The van der Waals surface area contributed by atoms with Gasteiger partial charge in [-0.15, -0.1) is 0 Å². The van der Waals surface area contributed by atoms with Crippen LogP contribution < -0.4 is 5.56 Å².